The predicted octanol–water partition coefficient (Wildman–Crippen LogP) is 2.92. The van der Waals surface area contributed by atoms with Gasteiger partial charge in [-0.1, -0.05) is 24.3 Å². The van der Waals surface area contributed by atoms with Gasteiger partial charge in [0.1, 0.15) is 11.6 Å². The number of carbonyl (C=O) groups excluding carboxylic acids is 2. The molecule has 0 aromatic heterocycles. The molecule has 0 bridgehead atoms. The maximum absolute atomic E-state index is 13.0. The summed E-state index contributed by atoms with van der Waals surface area (Å²) in [5, 5.41) is 0. The number of hydrogen-bond acceptors (Lipinski definition) is 4. The molecule has 2 N–H and O–H groups in total. The SMILES string of the molecule is O=C(CCCSc1ccccc1)NNC(=O)COc1cccc(F)c1. The van der Waals surface area contributed by atoms with E-state index in [0.717, 1.165) is 10.6 Å². The number of nitrogens with one attached hydrogen (secondary N) is 2. The van der Waals surface area contributed by atoms with E-state index in [-0.39, 0.29) is 18.3 Å². The van der Waals surface area contributed by atoms with Gasteiger partial charge in [0.15, 0.2) is 6.61 Å². The molecule has 2 rings (SSSR count). The van der Waals surface area contributed by atoms with Crippen molar-refractivity contribution in [3.8, 4) is 5.75 Å². The summed E-state index contributed by atoms with van der Waals surface area (Å²) in [5.41, 5.74) is 4.59. The Labute approximate surface area is 149 Å². The van der Waals surface area contributed by atoms with Crippen molar-refractivity contribution in [3.05, 3.63) is 60.4 Å². The first kappa shape index (κ1) is 18.8. The highest BCUT2D eigenvalue weighted by Crippen LogP contribution is 2.18. The molecule has 5 nitrogen and oxygen atoms in total. The Morgan fingerprint density at radius 2 is 1.76 bits per heavy atom. The molecule has 0 fully saturated rings. The number of ether oxygens (including phenoxy) is 1. The van der Waals surface area contributed by atoms with Crippen LogP contribution in [-0.4, -0.2) is 24.2 Å². The fourth-order valence-corrected chi connectivity index (χ4v) is 2.76. The van der Waals surface area contributed by atoms with E-state index in [1.165, 1.54) is 18.2 Å². The Morgan fingerprint density at radius 1 is 1.00 bits per heavy atom. The van der Waals surface area contributed by atoms with Crippen molar-refractivity contribution in [2.45, 2.75) is 17.7 Å². The fourth-order valence-electron chi connectivity index (χ4n) is 1.88. The lowest BCUT2D eigenvalue weighted by atomic mass is 10.3. The molecule has 0 saturated heterocycles. The summed E-state index contributed by atoms with van der Waals surface area (Å²) < 4.78 is 18.1. The number of rotatable bonds is 8. The van der Waals surface area contributed by atoms with Crippen LogP contribution in [0.2, 0.25) is 0 Å². The van der Waals surface area contributed by atoms with E-state index in [1.54, 1.807) is 17.8 Å². The van der Waals surface area contributed by atoms with Crippen LogP contribution >= 0.6 is 11.8 Å². The van der Waals surface area contributed by atoms with E-state index >= 15 is 0 Å². The van der Waals surface area contributed by atoms with Gasteiger partial charge in [-0.3, -0.25) is 20.4 Å². The van der Waals surface area contributed by atoms with E-state index in [0.29, 0.717) is 12.8 Å². The summed E-state index contributed by atoms with van der Waals surface area (Å²) in [6.07, 6.45) is 1.01. The molecule has 132 valence electrons. The van der Waals surface area contributed by atoms with Gasteiger partial charge in [0, 0.05) is 17.4 Å². The van der Waals surface area contributed by atoms with Gasteiger partial charge in [0.2, 0.25) is 5.91 Å². The van der Waals surface area contributed by atoms with Crippen LogP contribution in [0, 0.1) is 5.82 Å². The minimum absolute atomic E-state index is 0.249. The highest BCUT2D eigenvalue weighted by Gasteiger charge is 2.06. The predicted molar refractivity (Wildman–Crippen MR) is 94.6 cm³/mol. The normalized spacial score (nSPS) is 10.1. The minimum atomic E-state index is -0.517. The van der Waals surface area contributed by atoms with E-state index in [1.807, 2.05) is 30.3 Å². The van der Waals surface area contributed by atoms with Gasteiger partial charge in [0.05, 0.1) is 0 Å². The number of benzene rings is 2. The Balaban J connectivity index is 1.55. The monoisotopic (exact) mass is 362 g/mol. The number of thioether (sulfide) groups is 1. The Hall–Kier alpha value is -2.54. The standard InChI is InChI=1S/C18H19FN2O3S/c19-14-6-4-7-15(12-14)24-13-18(23)21-20-17(22)10-5-11-25-16-8-2-1-3-9-16/h1-4,6-9,12H,5,10-11,13H2,(H,20,22)(H,21,23). The molecule has 2 amide bonds. The van der Waals surface area contributed by atoms with Crippen LogP contribution in [0.4, 0.5) is 4.39 Å². The highest BCUT2D eigenvalue weighted by atomic mass is 32.2. The molecule has 0 aliphatic rings. The maximum atomic E-state index is 13.0. The van der Waals surface area contributed by atoms with Crippen LogP contribution in [0.3, 0.4) is 0 Å². The van der Waals surface area contributed by atoms with Gasteiger partial charge in [0.25, 0.3) is 5.91 Å². The number of hydrazine groups is 1. The quantitative estimate of drug-likeness (QED) is 0.430. The lowest BCUT2D eigenvalue weighted by molar-refractivity contribution is -0.130. The third-order valence-corrected chi connectivity index (χ3v) is 4.17. The van der Waals surface area contributed by atoms with E-state index in [9.17, 15) is 14.0 Å². The van der Waals surface area contributed by atoms with E-state index in [4.69, 9.17) is 4.74 Å². The van der Waals surface area contributed by atoms with Crippen LogP contribution in [0.1, 0.15) is 12.8 Å². The first-order chi connectivity index (χ1) is 12.1. The van der Waals surface area contributed by atoms with Crippen molar-refractivity contribution in [2.75, 3.05) is 12.4 Å². The zero-order valence-corrected chi connectivity index (χ0v) is 14.4. The molecule has 25 heavy (non-hydrogen) atoms. The molecule has 0 aliphatic heterocycles. The van der Waals surface area contributed by atoms with Gasteiger partial charge < -0.3 is 4.74 Å². The lowest BCUT2D eigenvalue weighted by Crippen LogP contribution is -2.43. The van der Waals surface area contributed by atoms with Crippen molar-refractivity contribution in [1.82, 2.24) is 10.9 Å². The third-order valence-electron chi connectivity index (χ3n) is 3.07. The summed E-state index contributed by atoms with van der Waals surface area (Å²) in [5.74, 6) is -0.170. The van der Waals surface area contributed by atoms with Crippen molar-refractivity contribution in [1.29, 1.82) is 0 Å². The van der Waals surface area contributed by atoms with Crippen molar-refractivity contribution in [3.63, 3.8) is 0 Å². The highest BCUT2D eigenvalue weighted by molar-refractivity contribution is 7.99. The molecular weight excluding hydrogens is 343 g/mol. The molecule has 0 radical (unpaired) electrons. The zero-order chi connectivity index (χ0) is 17.9. The molecule has 2 aromatic rings. The maximum Gasteiger partial charge on any atom is 0.276 e. The van der Waals surface area contributed by atoms with Crippen molar-refractivity contribution in [2.24, 2.45) is 0 Å². The van der Waals surface area contributed by atoms with Gasteiger partial charge >= 0.3 is 0 Å². The molecule has 2 aromatic carbocycles. The zero-order valence-electron chi connectivity index (χ0n) is 13.5. The second-order valence-electron chi connectivity index (χ2n) is 5.11. The number of carbonyl (C=O) groups is 2. The van der Waals surface area contributed by atoms with Crippen LogP contribution in [0.25, 0.3) is 0 Å². The van der Waals surface area contributed by atoms with E-state index < -0.39 is 11.7 Å². The molecule has 0 unspecified atom stereocenters. The summed E-state index contributed by atoms with van der Waals surface area (Å²) in [6, 6.07) is 15.4. The van der Waals surface area contributed by atoms with Crippen LogP contribution in [-0.2, 0) is 9.59 Å². The molecule has 0 saturated carbocycles. The second-order valence-corrected chi connectivity index (χ2v) is 6.28. The van der Waals surface area contributed by atoms with Gasteiger partial charge in [-0.25, -0.2) is 4.39 Å². The molecule has 7 heteroatoms. The average Bonchev–Trinajstić information content (AvgIpc) is 2.63. The van der Waals surface area contributed by atoms with Crippen LogP contribution in [0.15, 0.2) is 59.5 Å². The molecule has 0 spiro atoms. The second kappa shape index (κ2) is 10.4. The molecule has 0 heterocycles. The smallest absolute Gasteiger partial charge is 0.276 e. The van der Waals surface area contributed by atoms with Crippen LogP contribution < -0.4 is 15.6 Å². The average molecular weight is 362 g/mol. The number of halogens is 1. The lowest BCUT2D eigenvalue weighted by Gasteiger charge is -2.09. The summed E-state index contributed by atoms with van der Waals surface area (Å²) in [7, 11) is 0. The van der Waals surface area contributed by atoms with Crippen molar-refractivity contribution < 1.29 is 18.7 Å². The fraction of sp³-hybridized carbons (Fsp3) is 0.222. The van der Waals surface area contributed by atoms with Gasteiger partial charge in [-0.2, -0.15) is 0 Å². The summed E-state index contributed by atoms with van der Waals surface area (Å²) in [6.45, 7) is -0.312. The van der Waals surface area contributed by atoms with E-state index in [2.05, 4.69) is 10.9 Å². The van der Waals surface area contributed by atoms with Crippen molar-refractivity contribution >= 4 is 23.6 Å². The Morgan fingerprint density at radius 3 is 2.52 bits per heavy atom. The topological polar surface area (TPSA) is 67.4 Å². The minimum Gasteiger partial charge on any atom is -0.484 e. The Bertz CT molecular complexity index is 698. The third kappa shape index (κ3) is 7.71. The molecule has 0 atom stereocenters. The Kier molecular flexibility index (Phi) is 7.78. The molecular formula is C18H19FN2O3S. The van der Waals surface area contributed by atoms with Gasteiger partial charge in [-0.05, 0) is 36.4 Å². The first-order valence-corrected chi connectivity index (χ1v) is 8.76. The largest absolute Gasteiger partial charge is 0.484 e. The number of amides is 2. The summed E-state index contributed by atoms with van der Waals surface area (Å²) in [4.78, 5) is 24.4. The van der Waals surface area contributed by atoms with Crippen LogP contribution in [0.5, 0.6) is 5.75 Å². The number of hydrogen-bond donors (Lipinski definition) is 2. The van der Waals surface area contributed by atoms with Gasteiger partial charge in [-0.15, -0.1) is 11.8 Å². The summed E-state index contributed by atoms with van der Waals surface area (Å²) >= 11 is 1.68. The molecule has 0 aliphatic carbocycles. The first-order valence-electron chi connectivity index (χ1n) is 7.77.